The van der Waals surface area contributed by atoms with Crippen LogP contribution in [0.1, 0.15) is 64.4 Å². The molecule has 1 spiro atoms. The molecule has 0 bridgehead atoms. The molecule has 2 aliphatic carbocycles. The molecule has 1 aromatic carbocycles. The van der Waals surface area contributed by atoms with Crippen molar-refractivity contribution in [1.29, 1.82) is 0 Å². The highest BCUT2D eigenvalue weighted by Crippen LogP contribution is 2.59. The molecule has 0 radical (unpaired) electrons. The summed E-state index contributed by atoms with van der Waals surface area (Å²) in [5.74, 6) is 1.52. The Balaban J connectivity index is 1.62. The van der Waals surface area contributed by atoms with E-state index in [1.807, 2.05) is 0 Å². The van der Waals surface area contributed by atoms with Gasteiger partial charge < -0.3 is 10.5 Å². The SMILES string of the molecule is CC(C)COc1ccc(C2(N)CC3(CCCCC3)C2)cc1. The fourth-order valence-corrected chi connectivity index (χ4v) is 4.29. The summed E-state index contributed by atoms with van der Waals surface area (Å²) in [6.45, 7) is 5.11. The molecular formula is C19H29NO. The maximum Gasteiger partial charge on any atom is 0.119 e. The van der Waals surface area contributed by atoms with Crippen molar-refractivity contribution in [3.63, 3.8) is 0 Å². The van der Waals surface area contributed by atoms with Gasteiger partial charge in [-0.15, -0.1) is 0 Å². The molecule has 2 fully saturated rings. The largest absolute Gasteiger partial charge is 0.493 e. The molecule has 2 N–H and O–H groups in total. The van der Waals surface area contributed by atoms with Crippen LogP contribution in [0.4, 0.5) is 0 Å². The van der Waals surface area contributed by atoms with Gasteiger partial charge in [0.15, 0.2) is 0 Å². The molecule has 116 valence electrons. The Morgan fingerprint density at radius 2 is 1.67 bits per heavy atom. The van der Waals surface area contributed by atoms with Crippen LogP contribution in [-0.4, -0.2) is 6.61 Å². The van der Waals surface area contributed by atoms with Crippen molar-refractivity contribution in [2.45, 2.75) is 64.3 Å². The summed E-state index contributed by atoms with van der Waals surface area (Å²) in [6.07, 6.45) is 9.35. The zero-order valence-corrected chi connectivity index (χ0v) is 13.5. The van der Waals surface area contributed by atoms with Crippen LogP contribution in [0.25, 0.3) is 0 Å². The highest BCUT2D eigenvalue weighted by Gasteiger charge is 2.52. The number of rotatable bonds is 4. The monoisotopic (exact) mass is 287 g/mol. The van der Waals surface area contributed by atoms with Gasteiger partial charge in [0.1, 0.15) is 5.75 Å². The second-order valence-electron chi connectivity index (χ2n) is 7.80. The molecule has 2 saturated carbocycles. The molecule has 2 aliphatic rings. The van der Waals surface area contributed by atoms with Crippen molar-refractivity contribution in [3.05, 3.63) is 29.8 Å². The summed E-state index contributed by atoms with van der Waals surface area (Å²) < 4.78 is 5.76. The van der Waals surface area contributed by atoms with Crippen LogP contribution in [0.5, 0.6) is 5.75 Å². The second-order valence-corrected chi connectivity index (χ2v) is 7.80. The van der Waals surface area contributed by atoms with E-state index in [9.17, 15) is 0 Å². The van der Waals surface area contributed by atoms with Crippen LogP contribution in [0.15, 0.2) is 24.3 Å². The standard InChI is InChI=1S/C19H29NO/c1-15(2)12-21-17-8-6-16(7-9-17)19(20)13-18(14-19)10-4-3-5-11-18/h6-9,15H,3-5,10-14,20H2,1-2H3. The predicted molar refractivity (Wildman–Crippen MR) is 87.4 cm³/mol. The minimum Gasteiger partial charge on any atom is -0.493 e. The minimum atomic E-state index is -0.0894. The smallest absolute Gasteiger partial charge is 0.119 e. The lowest BCUT2D eigenvalue weighted by Crippen LogP contribution is -2.56. The molecule has 0 aromatic heterocycles. The van der Waals surface area contributed by atoms with E-state index in [0.29, 0.717) is 11.3 Å². The first-order valence-corrected chi connectivity index (χ1v) is 8.54. The van der Waals surface area contributed by atoms with E-state index in [-0.39, 0.29) is 5.54 Å². The van der Waals surface area contributed by atoms with Crippen molar-refractivity contribution in [2.24, 2.45) is 17.1 Å². The molecule has 0 atom stereocenters. The lowest BCUT2D eigenvalue weighted by Gasteiger charge is -2.57. The first-order chi connectivity index (χ1) is 10.0. The van der Waals surface area contributed by atoms with Gasteiger partial charge in [-0.2, -0.15) is 0 Å². The third-order valence-corrected chi connectivity index (χ3v) is 5.31. The van der Waals surface area contributed by atoms with Crippen LogP contribution >= 0.6 is 0 Å². The molecule has 0 amide bonds. The third kappa shape index (κ3) is 3.11. The van der Waals surface area contributed by atoms with E-state index >= 15 is 0 Å². The molecule has 21 heavy (non-hydrogen) atoms. The molecule has 1 aromatic rings. The van der Waals surface area contributed by atoms with Crippen molar-refractivity contribution in [1.82, 2.24) is 0 Å². The number of ether oxygens (including phenoxy) is 1. The molecule has 3 rings (SSSR count). The quantitative estimate of drug-likeness (QED) is 0.877. The maximum atomic E-state index is 6.66. The van der Waals surface area contributed by atoms with Crippen LogP contribution in [-0.2, 0) is 5.54 Å². The summed E-state index contributed by atoms with van der Waals surface area (Å²) in [5.41, 5.74) is 8.43. The van der Waals surface area contributed by atoms with Crippen molar-refractivity contribution < 1.29 is 4.74 Å². The Morgan fingerprint density at radius 1 is 1.05 bits per heavy atom. The van der Waals surface area contributed by atoms with E-state index in [1.54, 1.807) is 0 Å². The lowest BCUT2D eigenvalue weighted by molar-refractivity contribution is -0.00992. The first-order valence-electron chi connectivity index (χ1n) is 8.54. The Kier molecular flexibility index (Phi) is 4.00. The minimum absolute atomic E-state index is 0.0894. The van der Waals surface area contributed by atoms with Gasteiger partial charge in [0.25, 0.3) is 0 Å². The average molecular weight is 287 g/mol. The Hall–Kier alpha value is -1.02. The first kappa shape index (κ1) is 14.9. The van der Waals surface area contributed by atoms with Crippen LogP contribution < -0.4 is 10.5 Å². The van der Waals surface area contributed by atoms with Gasteiger partial charge in [0.2, 0.25) is 0 Å². The van der Waals surface area contributed by atoms with Gasteiger partial charge >= 0.3 is 0 Å². The Bertz CT molecular complexity index is 463. The van der Waals surface area contributed by atoms with E-state index in [0.717, 1.165) is 12.4 Å². The summed E-state index contributed by atoms with van der Waals surface area (Å²) in [6, 6.07) is 8.51. The average Bonchev–Trinajstić information content (AvgIpc) is 2.45. The fraction of sp³-hybridized carbons (Fsp3) is 0.684. The zero-order valence-electron chi connectivity index (χ0n) is 13.5. The third-order valence-electron chi connectivity index (χ3n) is 5.31. The molecule has 2 heteroatoms. The summed E-state index contributed by atoms with van der Waals surface area (Å²) in [4.78, 5) is 0. The fourth-order valence-electron chi connectivity index (χ4n) is 4.29. The number of hydrogen-bond acceptors (Lipinski definition) is 2. The summed E-state index contributed by atoms with van der Waals surface area (Å²) >= 11 is 0. The molecule has 0 aliphatic heterocycles. The summed E-state index contributed by atoms with van der Waals surface area (Å²) in [7, 11) is 0. The van der Waals surface area contributed by atoms with Crippen molar-refractivity contribution in [2.75, 3.05) is 6.61 Å². The second kappa shape index (κ2) is 5.64. The van der Waals surface area contributed by atoms with E-state index in [2.05, 4.69) is 38.1 Å². The van der Waals surface area contributed by atoms with Gasteiger partial charge in [0, 0.05) is 5.54 Å². The topological polar surface area (TPSA) is 35.2 Å². The van der Waals surface area contributed by atoms with Gasteiger partial charge in [-0.3, -0.25) is 0 Å². The predicted octanol–water partition coefficient (Wildman–Crippen LogP) is 4.62. The van der Waals surface area contributed by atoms with Crippen molar-refractivity contribution >= 4 is 0 Å². The lowest BCUT2D eigenvalue weighted by atomic mass is 9.51. The van der Waals surface area contributed by atoms with E-state index < -0.39 is 0 Å². The normalized spacial score (nSPS) is 23.0. The maximum absolute atomic E-state index is 6.66. The van der Waals surface area contributed by atoms with Crippen LogP contribution in [0, 0.1) is 11.3 Å². The van der Waals surface area contributed by atoms with Gasteiger partial charge in [0.05, 0.1) is 6.61 Å². The molecule has 2 nitrogen and oxygen atoms in total. The van der Waals surface area contributed by atoms with Gasteiger partial charge in [-0.25, -0.2) is 0 Å². The number of nitrogens with two attached hydrogens (primary N) is 1. The van der Waals surface area contributed by atoms with Crippen molar-refractivity contribution in [3.8, 4) is 5.75 Å². The molecular weight excluding hydrogens is 258 g/mol. The zero-order chi connectivity index (χ0) is 14.9. The molecule has 0 heterocycles. The van der Waals surface area contributed by atoms with Crippen LogP contribution in [0.3, 0.4) is 0 Å². The number of benzene rings is 1. The van der Waals surface area contributed by atoms with Gasteiger partial charge in [-0.05, 0) is 54.7 Å². The molecule has 0 unspecified atom stereocenters. The molecule has 0 saturated heterocycles. The highest BCUT2D eigenvalue weighted by atomic mass is 16.5. The van der Waals surface area contributed by atoms with E-state index in [1.165, 1.54) is 50.5 Å². The van der Waals surface area contributed by atoms with Crippen LogP contribution in [0.2, 0.25) is 0 Å². The number of hydrogen-bond donors (Lipinski definition) is 1. The van der Waals surface area contributed by atoms with Gasteiger partial charge in [-0.1, -0.05) is 45.2 Å². The highest BCUT2D eigenvalue weighted by molar-refractivity contribution is 5.34. The Labute approximate surface area is 129 Å². The Morgan fingerprint density at radius 3 is 2.24 bits per heavy atom. The van der Waals surface area contributed by atoms with E-state index in [4.69, 9.17) is 10.5 Å². The summed E-state index contributed by atoms with van der Waals surface area (Å²) in [5, 5.41) is 0.